The normalized spacial score (nSPS) is 11.3. The predicted octanol–water partition coefficient (Wildman–Crippen LogP) is 2.95. The van der Waals surface area contributed by atoms with Crippen molar-refractivity contribution in [1.29, 1.82) is 0 Å². The Bertz CT molecular complexity index is 753. The van der Waals surface area contributed by atoms with Gasteiger partial charge in [0.05, 0.1) is 28.6 Å². The Labute approximate surface area is 134 Å². The minimum atomic E-state index is -3.73. The van der Waals surface area contributed by atoms with Gasteiger partial charge in [-0.25, -0.2) is 8.42 Å². The highest BCUT2D eigenvalue weighted by Gasteiger charge is 2.18. The molecule has 1 aromatic heterocycles. The van der Waals surface area contributed by atoms with E-state index in [0.29, 0.717) is 28.7 Å². The van der Waals surface area contributed by atoms with Crippen LogP contribution in [0, 0.1) is 13.8 Å². The van der Waals surface area contributed by atoms with E-state index in [1.807, 2.05) is 6.92 Å². The maximum atomic E-state index is 12.4. The van der Waals surface area contributed by atoms with E-state index >= 15 is 0 Å². The smallest absolute Gasteiger partial charge is 0.316 e. The van der Waals surface area contributed by atoms with Crippen molar-refractivity contribution in [2.45, 2.75) is 25.7 Å². The second kappa shape index (κ2) is 6.50. The van der Waals surface area contributed by atoms with E-state index in [1.165, 1.54) is 24.3 Å². The summed E-state index contributed by atoms with van der Waals surface area (Å²) in [5.74, 6) is 0. The van der Waals surface area contributed by atoms with Gasteiger partial charge in [0.2, 0.25) is 0 Å². The molecule has 0 aliphatic heterocycles. The number of halogens is 1. The molecule has 0 aliphatic rings. The number of hydrogen-bond donors (Lipinski definition) is 1. The second-order valence-electron chi connectivity index (χ2n) is 4.54. The maximum absolute atomic E-state index is 12.4. The second-order valence-corrected chi connectivity index (χ2v) is 6.66. The Morgan fingerprint density at radius 2 is 1.68 bits per heavy atom. The fourth-order valence-corrected chi connectivity index (χ4v) is 3.14. The van der Waals surface area contributed by atoms with Crippen LogP contribution < -0.4 is 9.46 Å². The quantitative estimate of drug-likeness (QED) is 0.904. The molecule has 0 amide bonds. The van der Waals surface area contributed by atoms with Crippen LogP contribution in [0.1, 0.15) is 18.3 Å². The van der Waals surface area contributed by atoms with Crippen LogP contribution in [-0.2, 0) is 10.0 Å². The van der Waals surface area contributed by atoms with E-state index in [-0.39, 0.29) is 10.9 Å². The van der Waals surface area contributed by atoms with Crippen molar-refractivity contribution in [1.82, 2.24) is 9.97 Å². The fraction of sp³-hybridized carbons (Fsp3) is 0.286. The number of nitrogens with one attached hydrogen (secondary N) is 1. The summed E-state index contributed by atoms with van der Waals surface area (Å²) in [6, 6.07) is 6.14. The van der Waals surface area contributed by atoms with Crippen molar-refractivity contribution in [3.8, 4) is 6.01 Å². The van der Waals surface area contributed by atoms with E-state index in [2.05, 4.69) is 14.7 Å². The van der Waals surface area contributed by atoms with E-state index in [1.54, 1.807) is 13.8 Å². The molecule has 0 fully saturated rings. The SMILES string of the molecule is CCOc1nc(C)c(NS(=O)(=O)c2ccc(Cl)cc2)c(C)n1. The summed E-state index contributed by atoms with van der Waals surface area (Å²) in [4.78, 5) is 8.38. The molecule has 6 nitrogen and oxygen atoms in total. The number of rotatable bonds is 5. The summed E-state index contributed by atoms with van der Waals surface area (Å²) in [5.41, 5.74) is 1.33. The molecular weight excluding hydrogens is 326 g/mol. The van der Waals surface area contributed by atoms with Crippen LogP contribution >= 0.6 is 11.6 Å². The lowest BCUT2D eigenvalue weighted by molar-refractivity contribution is 0.311. The van der Waals surface area contributed by atoms with E-state index in [0.717, 1.165) is 0 Å². The molecule has 0 saturated heterocycles. The lowest BCUT2D eigenvalue weighted by Crippen LogP contribution is -2.16. The number of hydrogen-bond acceptors (Lipinski definition) is 5. The summed E-state index contributed by atoms with van der Waals surface area (Å²) in [7, 11) is -3.73. The molecule has 1 N–H and O–H groups in total. The van der Waals surface area contributed by atoms with Crippen molar-refractivity contribution in [3.63, 3.8) is 0 Å². The Hall–Kier alpha value is -1.86. The van der Waals surface area contributed by atoms with Gasteiger partial charge in [-0.05, 0) is 45.0 Å². The Morgan fingerprint density at radius 1 is 1.14 bits per heavy atom. The lowest BCUT2D eigenvalue weighted by atomic mass is 10.3. The first-order valence-corrected chi connectivity index (χ1v) is 8.46. The first-order chi connectivity index (χ1) is 10.3. The molecule has 0 radical (unpaired) electrons. The van der Waals surface area contributed by atoms with Crippen LogP contribution in [0.2, 0.25) is 5.02 Å². The summed E-state index contributed by atoms with van der Waals surface area (Å²) in [6.45, 7) is 5.65. The minimum absolute atomic E-state index is 0.115. The third-order valence-corrected chi connectivity index (χ3v) is 4.50. The molecule has 0 atom stereocenters. The van der Waals surface area contributed by atoms with Gasteiger partial charge >= 0.3 is 6.01 Å². The van der Waals surface area contributed by atoms with Crippen molar-refractivity contribution < 1.29 is 13.2 Å². The van der Waals surface area contributed by atoms with Crippen LogP contribution in [0.25, 0.3) is 0 Å². The molecule has 0 bridgehead atoms. The Balaban J connectivity index is 2.35. The number of aryl methyl sites for hydroxylation is 2. The molecule has 0 spiro atoms. The van der Waals surface area contributed by atoms with Gasteiger partial charge in [-0.3, -0.25) is 4.72 Å². The van der Waals surface area contributed by atoms with Crippen molar-refractivity contribution in [2.75, 3.05) is 11.3 Å². The highest BCUT2D eigenvalue weighted by Crippen LogP contribution is 2.23. The number of anilines is 1. The molecule has 0 aliphatic carbocycles. The Morgan fingerprint density at radius 3 is 2.18 bits per heavy atom. The number of aromatic nitrogens is 2. The highest BCUT2D eigenvalue weighted by molar-refractivity contribution is 7.92. The molecule has 22 heavy (non-hydrogen) atoms. The zero-order valence-electron chi connectivity index (χ0n) is 12.4. The fourth-order valence-electron chi connectivity index (χ4n) is 1.83. The van der Waals surface area contributed by atoms with Crippen LogP contribution in [-0.4, -0.2) is 25.0 Å². The first kappa shape index (κ1) is 16.5. The molecule has 0 unspecified atom stereocenters. The standard InChI is InChI=1S/C14H16ClN3O3S/c1-4-21-14-16-9(2)13(10(3)17-14)18-22(19,20)12-7-5-11(15)6-8-12/h5-8,18H,4H2,1-3H3. The molecular formula is C14H16ClN3O3S. The third-order valence-electron chi connectivity index (χ3n) is 2.88. The number of ether oxygens (including phenoxy) is 1. The van der Waals surface area contributed by atoms with Crippen molar-refractivity contribution in [3.05, 3.63) is 40.7 Å². The molecule has 0 saturated carbocycles. The van der Waals surface area contributed by atoms with Gasteiger partial charge in [-0.1, -0.05) is 11.6 Å². The summed E-state index contributed by atoms with van der Waals surface area (Å²) in [6.07, 6.45) is 0. The Kier molecular flexibility index (Phi) is 4.87. The van der Waals surface area contributed by atoms with E-state index < -0.39 is 10.0 Å². The van der Waals surface area contributed by atoms with Crippen LogP contribution in [0.15, 0.2) is 29.2 Å². The maximum Gasteiger partial charge on any atom is 0.316 e. The molecule has 1 aromatic carbocycles. The lowest BCUT2D eigenvalue weighted by Gasteiger charge is -2.13. The van der Waals surface area contributed by atoms with E-state index in [4.69, 9.17) is 16.3 Å². The van der Waals surface area contributed by atoms with Gasteiger partial charge < -0.3 is 4.74 Å². The number of benzene rings is 1. The van der Waals surface area contributed by atoms with E-state index in [9.17, 15) is 8.42 Å². The molecule has 1 heterocycles. The molecule has 8 heteroatoms. The zero-order chi connectivity index (χ0) is 16.3. The number of nitrogens with zero attached hydrogens (tertiary/aromatic N) is 2. The van der Waals surface area contributed by atoms with Crippen molar-refractivity contribution >= 4 is 27.3 Å². The summed E-state index contributed by atoms with van der Waals surface area (Å²) in [5, 5.41) is 0.468. The number of sulfonamides is 1. The van der Waals surface area contributed by atoms with Gasteiger partial charge in [0.25, 0.3) is 10.0 Å². The van der Waals surface area contributed by atoms with Gasteiger partial charge in [-0.15, -0.1) is 0 Å². The molecule has 118 valence electrons. The predicted molar refractivity (Wildman–Crippen MR) is 84.9 cm³/mol. The van der Waals surface area contributed by atoms with Gasteiger partial charge in [0, 0.05) is 5.02 Å². The average Bonchev–Trinajstić information content (AvgIpc) is 2.44. The minimum Gasteiger partial charge on any atom is -0.464 e. The third kappa shape index (κ3) is 3.66. The van der Waals surface area contributed by atoms with Gasteiger partial charge in [0.15, 0.2) is 0 Å². The highest BCUT2D eigenvalue weighted by atomic mass is 35.5. The zero-order valence-corrected chi connectivity index (χ0v) is 14.0. The van der Waals surface area contributed by atoms with Crippen molar-refractivity contribution in [2.24, 2.45) is 0 Å². The van der Waals surface area contributed by atoms with Crippen LogP contribution in [0.5, 0.6) is 6.01 Å². The topological polar surface area (TPSA) is 81.2 Å². The first-order valence-electron chi connectivity index (χ1n) is 6.60. The average molecular weight is 342 g/mol. The molecule has 2 rings (SSSR count). The van der Waals surface area contributed by atoms with Crippen LogP contribution in [0.3, 0.4) is 0 Å². The molecule has 2 aromatic rings. The van der Waals surface area contributed by atoms with Gasteiger partial charge in [0.1, 0.15) is 0 Å². The summed E-state index contributed by atoms with van der Waals surface area (Å²) < 4.78 is 32.5. The summed E-state index contributed by atoms with van der Waals surface area (Å²) >= 11 is 5.77. The largest absolute Gasteiger partial charge is 0.464 e. The van der Waals surface area contributed by atoms with Gasteiger partial charge in [-0.2, -0.15) is 9.97 Å². The monoisotopic (exact) mass is 341 g/mol. The van der Waals surface area contributed by atoms with Crippen LogP contribution in [0.4, 0.5) is 5.69 Å².